The van der Waals surface area contributed by atoms with Crippen LogP contribution in [0.5, 0.6) is 0 Å². The van der Waals surface area contributed by atoms with E-state index in [2.05, 4.69) is 5.32 Å². The van der Waals surface area contributed by atoms with Gasteiger partial charge < -0.3 is 10.1 Å². The number of morpholine rings is 1. The highest BCUT2D eigenvalue weighted by Crippen LogP contribution is 2.29. The standard InChI is InChI=1S/C17H13ClF4N2O4S/c18-11-2-1-9(7-13(11)29(26,27)24-3-5-28-6-4-24)23-17(25)10-8-12(19)15(21)16(22)14(10)20/h1-2,7-8H,3-6H2,(H,23,25). The van der Waals surface area contributed by atoms with Crippen LogP contribution < -0.4 is 5.32 Å². The number of carbonyl (C=O) groups excluding carboxylic acids is 1. The van der Waals surface area contributed by atoms with Crippen LogP contribution in [0.15, 0.2) is 29.2 Å². The van der Waals surface area contributed by atoms with Crippen LogP contribution in [0, 0.1) is 23.3 Å². The Hall–Kier alpha value is -2.21. The van der Waals surface area contributed by atoms with Gasteiger partial charge in [-0.2, -0.15) is 4.31 Å². The first-order valence-corrected chi connectivity index (χ1v) is 9.96. The highest BCUT2D eigenvalue weighted by molar-refractivity contribution is 7.89. The number of benzene rings is 2. The summed E-state index contributed by atoms with van der Waals surface area (Å²) >= 11 is 5.99. The summed E-state index contributed by atoms with van der Waals surface area (Å²) in [5, 5.41) is 1.99. The third-order valence-corrected chi connectivity index (χ3v) is 6.50. The molecule has 3 rings (SSSR count). The molecule has 2 aromatic rings. The zero-order valence-corrected chi connectivity index (χ0v) is 16.1. The van der Waals surface area contributed by atoms with Gasteiger partial charge in [-0.15, -0.1) is 0 Å². The highest BCUT2D eigenvalue weighted by Gasteiger charge is 2.29. The van der Waals surface area contributed by atoms with Crippen molar-refractivity contribution in [3.8, 4) is 0 Å². The Bertz CT molecular complexity index is 1080. The number of hydrogen-bond donors (Lipinski definition) is 1. The summed E-state index contributed by atoms with van der Waals surface area (Å²) in [5.74, 6) is -9.12. The van der Waals surface area contributed by atoms with Crippen LogP contribution in [0.1, 0.15) is 10.4 Å². The summed E-state index contributed by atoms with van der Waals surface area (Å²) in [6.45, 7) is 0.617. The number of hydrogen-bond acceptors (Lipinski definition) is 4. The lowest BCUT2D eigenvalue weighted by atomic mass is 10.1. The molecule has 0 unspecified atom stereocenters. The van der Waals surface area contributed by atoms with Crippen molar-refractivity contribution in [3.05, 3.63) is 58.1 Å². The Morgan fingerprint density at radius 1 is 1.03 bits per heavy atom. The molecule has 2 aromatic carbocycles. The molecule has 0 aromatic heterocycles. The fraction of sp³-hybridized carbons (Fsp3) is 0.235. The first-order valence-electron chi connectivity index (χ1n) is 8.14. The average molecular weight is 453 g/mol. The minimum Gasteiger partial charge on any atom is -0.379 e. The van der Waals surface area contributed by atoms with Gasteiger partial charge in [-0.3, -0.25) is 4.79 Å². The lowest BCUT2D eigenvalue weighted by Crippen LogP contribution is -2.40. The minimum absolute atomic E-state index is 0.106. The van der Waals surface area contributed by atoms with Gasteiger partial charge in [0.05, 0.1) is 23.8 Å². The molecule has 29 heavy (non-hydrogen) atoms. The van der Waals surface area contributed by atoms with Gasteiger partial charge in [-0.25, -0.2) is 26.0 Å². The van der Waals surface area contributed by atoms with E-state index in [1.807, 2.05) is 0 Å². The van der Waals surface area contributed by atoms with Crippen LogP contribution in [-0.2, 0) is 14.8 Å². The van der Waals surface area contributed by atoms with Crippen molar-refractivity contribution in [1.29, 1.82) is 0 Å². The Kier molecular flexibility index (Phi) is 6.13. The van der Waals surface area contributed by atoms with E-state index in [4.69, 9.17) is 16.3 Å². The molecule has 1 N–H and O–H groups in total. The Morgan fingerprint density at radius 3 is 2.34 bits per heavy atom. The van der Waals surface area contributed by atoms with Crippen LogP contribution in [-0.4, -0.2) is 44.9 Å². The van der Waals surface area contributed by atoms with E-state index in [9.17, 15) is 30.8 Å². The molecule has 1 saturated heterocycles. The number of ether oxygens (including phenoxy) is 1. The summed E-state index contributed by atoms with van der Waals surface area (Å²) in [7, 11) is -4.02. The third-order valence-electron chi connectivity index (χ3n) is 4.12. The lowest BCUT2D eigenvalue weighted by Gasteiger charge is -2.26. The van der Waals surface area contributed by atoms with Crippen LogP contribution in [0.25, 0.3) is 0 Å². The topological polar surface area (TPSA) is 75.7 Å². The Morgan fingerprint density at radius 2 is 1.69 bits per heavy atom. The van der Waals surface area contributed by atoms with E-state index in [-0.39, 0.29) is 48.0 Å². The molecule has 0 radical (unpaired) electrons. The van der Waals surface area contributed by atoms with E-state index < -0.39 is 44.8 Å². The van der Waals surface area contributed by atoms with Crippen LogP contribution in [0.4, 0.5) is 23.2 Å². The molecule has 0 bridgehead atoms. The van der Waals surface area contributed by atoms with Crippen molar-refractivity contribution in [2.24, 2.45) is 0 Å². The van der Waals surface area contributed by atoms with Crippen molar-refractivity contribution in [3.63, 3.8) is 0 Å². The molecular weight excluding hydrogens is 440 g/mol. The van der Waals surface area contributed by atoms with Crippen molar-refractivity contribution in [1.82, 2.24) is 4.31 Å². The number of anilines is 1. The largest absolute Gasteiger partial charge is 0.379 e. The lowest BCUT2D eigenvalue weighted by molar-refractivity contribution is 0.0730. The van der Waals surface area contributed by atoms with E-state index >= 15 is 0 Å². The van der Waals surface area contributed by atoms with Crippen LogP contribution >= 0.6 is 11.6 Å². The van der Waals surface area contributed by atoms with Crippen molar-refractivity contribution in [2.45, 2.75) is 4.90 Å². The van der Waals surface area contributed by atoms with Gasteiger partial charge in [-0.05, 0) is 24.3 Å². The van der Waals surface area contributed by atoms with Gasteiger partial charge in [0.25, 0.3) is 5.91 Å². The fourth-order valence-electron chi connectivity index (χ4n) is 2.64. The molecule has 0 aliphatic carbocycles. The minimum atomic E-state index is -4.02. The first kappa shape index (κ1) is 21.5. The molecule has 1 heterocycles. The predicted octanol–water partition coefficient (Wildman–Crippen LogP) is 3.17. The van der Waals surface area contributed by atoms with Gasteiger partial charge in [-0.1, -0.05) is 11.6 Å². The van der Waals surface area contributed by atoms with Gasteiger partial charge in [0.1, 0.15) is 4.90 Å². The summed E-state index contributed by atoms with van der Waals surface area (Å²) in [6, 6.07) is 3.63. The van der Waals surface area contributed by atoms with E-state index in [1.54, 1.807) is 0 Å². The first-order chi connectivity index (χ1) is 13.6. The number of sulfonamides is 1. The maximum Gasteiger partial charge on any atom is 0.258 e. The molecule has 0 saturated carbocycles. The van der Waals surface area contributed by atoms with Crippen LogP contribution in [0.3, 0.4) is 0 Å². The third kappa shape index (κ3) is 4.22. The quantitative estimate of drug-likeness (QED) is 0.439. The summed E-state index contributed by atoms with van der Waals surface area (Å²) in [4.78, 5) is 11.9. The predicted molar refractivity (Wildman–Crippen MR) is 95.3 cm³/mol. The van der Waals surface area contributed by atoms with Crippen molar-refractivity contribution >= 4 is 33.2 Å². The van der Waals surface area contributed by atoms with Gasteiger partial charge in [0, 0.05) is 18.8 Å². The number of carbonyl (C=O) groups is 1. The second-order valence-corrected chi connectivity index (χ2v) is 8.28. The zero-order valence-electron chi connectivity index (χ0n) is 14.5. The molecular formula is C17H13ClF4N2O4S. The van der Waals surface area contributed by atoms with E-state index in [1.165, 1.54) is 12.1 Å². The smallest absolute Gasteiger partial charge is 0.258 e. The molecule has 0 spiro atoms. The second-order valence-electron chi connectivity index (χ2n) is 5.96. The summed E-state index contributed by atoms with van der Waals surface area (Å²) in [6.07, 6.45) is 0. The van der Waals surface area contributed by atoms with Crippen molar-refractivity contribution in [2.75, 3.05) is 31.6 Å². The molecule has 12 heteroatoms. The number of nitrogens with zero attached hydrogens (tertiary/aromatic N) is 1. The van der Waals surface area contributed by atoms with E-state index in [0.717, 1.165) is 10.4 Å². The summed E-state index contributed by atoms with van der Waals surface area (Å²) < 4.78 is 85.3. The Balaban J connectivity index is 1.92. The molecule has 6 nitrogen and oxygen atoms in total. The van der Waals surface area contributed by atoms with Crippen LogP contribution in [0.2, 0.25) is 5.02 Å². The molecule has 156 valence electrons. The molecule has 1 amide bonds. The molecule has 1 aliphatic heterocycles. The number of halogens is 5. The molecule has 0 atom stereocenters. The SMILES string of the molecule is O=C(Nc1ccc(Cl)c(S(=O)(=O)N2CCOCC2)c1)c1cc(F)c(F)c(F)c1F. The number of rotatable bonds is 4. The summed E-state index contributed by atoms with van der Waals surface area (Å²) in [5.41, 5.74) is -1.22. The average Bonchev–Trinajstić information content (AvgIpc) is 2.71. The maximum atomic E-state index is 13.8. The molecule has 1 aliphatic rings. The normalized spacial score (nSPS) is 15.3. The second kappa shape index (κ2) is 8.27. The molecule has 1 fully saturated rings. The van der Waals surface area contributed by atoms with E-state index in [0.29, 0.717) is 0 Å². The fourth-order valence-corrected chi connectivity index (χ4v) is 4.55. The maximum absolute atomic E-state index is 13.8. The highest BCUT2D eigenvalue weighted by atomic mass is 35.5. The number of amides is 1. The number of nitrogens with one attached hydrogen (secondary N) is 1. The van der Waals surface area contributed by atoms with Gasteiger partial charge in [0.2, 0.25) is 10.0 Å². The van der Waals surface area contributed by atoms with Gasteiger partial charge in [0.15, 0.2) is 23.3 Å². The van der Waals surface area contributed by atoms with Gasteiger partial charge >= 0.3 is 0 Å². The zero-order chi connectivity index (χ0) is 21.3. The Labute approximate surface area is 168 Å². The van der Waals surface area contributed by atoms with Crippen molar-refractivity contribution < 1.29 is 35.5 Å². The monoisotopic (exact) mass is 452 g/mol.